The van der Waals surface area contributed by atoms with Crippen LogP contribution in [0.5, 0.6) is 23.0 Å². The minimum atomic E-state index is -0.655. The van der Waals surface area contributed by atoms with Crippen molar-refractivity contribution >= 4 is 17.5 Å². The molecule has 0 aliphatic carbocycles. The Morgan fingerprint density at radius 1 is 0.923 bits per heavy atom. The first kappa shape index (κ1) is 27.4. The van der Waals surface area contributed by atoms with E-state index < -0.39 is 23.7 Å². The van der Waals surface area contributed by atoms with Gasteiger partial charge < -0.3 is 23.8 Å². The molecule has 0 radical (unpaired) electrons. The van der Waals surface area contributed by atoms with Crippen molar-refractivity contribution in [2.45, 2.75) is 12.5 Å². The summed E-state index contributed by atoms with van der Waals surface area (Å²) < 4.78 is 35.9. The molecule has 1 heterocycles. The summed E-state index contributed by atoms with van der Waals surface area (Å²) in [5.74, 6) is 0.508. The molecule has 39 heavy (non-hydrogen) atoms. The fourth-order valence-corrected chi connectivity index (χ4v) is 4.45. The zero-order valence-electron chi connectivity index (χ0n) is 22.4. The van der Waals surface area contributed by atoms with Gasteiger partial charge in [0.1, 0.15) is 23.9 Å². The third-order valence-electron chi connectivity index (χ3n) is 6.50. The SMILES string of the molecule is COc1ccc(C2=NN(C(=O)CN(C)C(=O)c3ccccc3F)[C@@H](c3ccc(OC)c(OC)c3)C2)c(OC)c1. The molecule has 0 spiro atoms. The second kappa shape index (κ2) is 11.8. The van der Waals surface area contributed by atoms with Crippen LogP contribution in [0.25, 0.3) is 0 Å². The lowest BCUT2D eigenvalue weighted by Crippen LogP contribution is -2.39. The molecule has 0 saturated heterocycles. The Morgan fingerprint density at radius 2 is 1.64 bits per heavy atom. The number of nitrogens with zero attached hydrogens (tertiary/aromatic N) is 3. The van der Waals surface area contributed by atoms with Gasteiger partial charge in [-0.3, -0.25) is 9.59 Å². The van der Waals surface area contributed by atoms with Gasteiger partial charge in [0.05, 0.1) is 45.8 Å². The summed E-state index contributed by atoms with van der Waals surface area (Å²) >= 11 is 0. The van der Waals surface area contributed by atoms with Crippen molar-refractivity contribution in [3.63, 3.8) is 0 Å². The first-order chi connectivity index (χ1) is 18.8. The maximum Gasteiger partial charge on any atom is 0.262 e. The number of carbonyl (C=O) groups is 2. The van der Waals surface area contributed by atoms with Crippen LogP contribution >= 0.6 is 0 Å². The highest BCUT2D eigenvalue weighted by atomic mass is 19.1. The Balaban J connectivity index is 1.69. The molecule has 9 nitrogen and oxygen atoms in total. The first-order valence-corrected chi connectivity index (χ1v) is 12.1. The summed E-state index contributed by atoms with van der Waals surface area (Å²) in [5.41, 5.74) is 1.97. The monoisotopic (exact) mass is 535 g/mol. The van der Waals surface area contributed by atoms with Crippen LogP contribution in [-0.2, 0) is 4.79 Å². The Kier molecular flexibility index (Phi) is 8.33. The number of benzene rings is 3. The maximum atomic E-state index is 14.2. The van der Waals surface area contributed by atoms with Gasteiger partial charge in [-0.1, -0.05) is 18.2 Å². The smallest absolute Gasteiger partial charge is 0.262 e. The van der Waals surface area contributed by atoms with E-state index in [4.69, 9.17) is 18.9 Å². The van der Waals surface area contributed by atoms with Crippen molar-refractivity contribution in [1.29, 1.82) is 0 Å². The maximum absolute atomic E-state index is 14.2. The van der Waals surface area contributed by atoms with Gasteiger partial charge in [-0.05, 0) is 42.0 Å². The predicted octanol–water partition coefficient (Wildman–Crippen LogP) is 4.31. The molecule has 10 heteroatoms. The predicted molar refractivity (Wildman–Crippen MR) is 143 cm³/mol. The molecule has 0 aromatic heterocycles. The molecule has 0 fully saturated rings. The standard InChI is InChI=1S/C29H30FN3O6/c1-32(29(35)20-8-6-7-9-22(20)30)17-28(34)33-24(18-10-13-25(37-3)27(14-18)39-5)16-23(31-33)21-12-11-19(36-2)15-26(21)38-4/h6-15,24H,16-17H2,1-5H3/t24-/m1/s1. The van der Waals surface area contributed by atoms with Gasteiger partial charge >= 0.3 is 0 Å². The van der Waals surface area contributed by atoms with E-state index in [-0.39, 0.29) is 12.1 Å². The number of methoxy groups -OCH3 is 4. The lowest BCUT2D eigenvalue weighted by atomic mass is 9.97. The van der Waals surface area contributed by atoms with Gasteiger partial charge in [0.25, 0.3) is 11.8 Å². The van der Waals surface area contributed by atoms with E-state index in [0.29, 0.717) is 40.7 Å². The van der Waals surface area contributed by atoms with Crippen molar-refractivity contribution in [3.05, 3.63) is 83.2 Å². The fourth-order valence-electron chi connectivity index (χ4n) is 4.45. The summed E-state index contributed by atoms with van der Waals surface area (Å²) in [6, 6.07) is 15.9. The highest BCUT2D eigenvalue weighted by molar-refractivity contribution is 6.05. The van der Waals surface area contributed by atoms with Gasteiger partial charge in [0.2, 0.25) is 0 Å². The molecule has 1 atom stereocenters. The third-order valence-corrected chi connectivity index (χ3v) is 6.50. The van der Waals surface area contributed by atoms with Crippen LogP contribution in [0.15, 0.2) is 65.8 Å². The Labute approximate surface area is 226 Å². The molecule has 1 aliphatic rings. The number of hydrazone groups is 1. The number of hydrogen-bond donors (Lipinski definition) is 0. The first-order valence-electron chi connectivity index (χ1n) is 12.1. The molecule has 2 amide bonds. The van der Waals surface area contributed by atoms with Crippen LogP contribution < -0.4 is 18.9 Å². The fraction of sp³-hybridized carbons (Fsp3) is 0.276. The molecule has 0 N–H and O–H groups in total. The lowest BCUT2D eigenvalue weighted by molar-refractivity contribution is -0.133. The number of rotatable bonds is 9. The Morgan fingerprint density at radius 3 is 2.31 bits per heavy atom. The molecule has 3 aromatic rings. The largest absolute Gasteiger partial charge is 0.497 e. The summed E-state index contributed by atoms with van der Waals surface area (Å²) in [5, 5.41) is 6.03. The average Bonchev–Trinajstić information content (AvgIpc) is 3.41. The highest BCUT2D eigenvalue weighted by Crippen LogP contribution is 2.39. The van der Waals surface area contributed by atoms with E-state index in [0.717, 1.165) is 5.56 Å². The van der Waals surface area contributed by atoms with Gasteiger partial charge in [-0.15, -0.1) is 0 Å². The second-order valence-electron chi connectivity index (χ2n) is 8.83. The van der Waals surface area contributed by atoms with Gasteiger partial charge in [-0.25, -0.2) is 9.40 Å². The quantitative estimate of drug-likeness (QED) is 0.406. The molecular weight excluding hydrogens is 505 g/mol. The van der Waals surface area contributed by atoms with Gasteiger partial charge in [0.15, 0.2) is 11.5 Å². The molecule has 204 valence electrons. The molecule has 0 bridgehead atoms. The van der Waals surface area contributed by atoms with E-state index in [1.54, 1.807) is 51.7 Å². The molecule has 4 rings (SSSR count). The summed E-state index contributed by atoms with van der Waals surface area (Å²) in [6.07, 6.45) is 0.370. The summed E-state index contributed by atoms with van der Waals surface area (Å²) in [7, 11) is 7.64. The normalized spacial score (nSPS) is 14.5. The van der Waals surface area contributed by atoms with Crippen LogP contribution in [0, 0.1) is 5.82 Å². The number of carbonyl (C=O) groups excluding carboxylic acids is 2. The number of ether oxygens (including phenoxy) is 4. The van der Waals surface area contributed by atoms with Gasteiger partial charge in [-0.2, -0.15) is 5.10 Å². The summed E-state index contributed by atoms with van der Waals surface area (Å²) in [4.78, 5) is 27.6. The Hall–Kier alpha value is -4.60. The van der Waals surface area contributed by atoms with E-state index in [9.17, 15) is 14.0 Å². The van der Waals surface area contributed by atoms with E-state index in [1.807, 2.05) is 12.1 Å². The topological polar surface area (TPSA) is 89.9 Å². The van der Waals surface area contributed by atoms with Crippen molar-refractivity contribution < 1.29 is 32.9 Å². The van der Waals surface area contributed by atoms with E-state index >= 15 is 0 Å². The van der Waals surface area contributed by atoms with Gasteiger partial charge in [0, 0.05) is 25.1 Å². The van der Waals surface area contributed by atoms with E-state index in [2.05, 4.69) is 5.10 Å². The zero-order chi connectivity index (χ0) is 28.1. The average molecular weight is 536 g/mol. The van der Waals surface area contributed by atoms with Crippen LogP contribution in [0.4, 0.5) is 4.39 Å². The zero-order valence-corrected chi connectivity index (χ0v) is 22.4. The van der Waals surface area contributed by atoms with Crippen LogP contribution in [0.2, 0.25) is 0 Å². The summed E-state index contributed by atoms with van der Waals surface area (Å²) in [6.45, 7) is -0.312. The number of amides is 2. The molecular formula is C29H30FN3O6. The molecule has 0 saturated carbocycles. The van der Waals surface area contributed by atoms with Crippen LogP contribution in [0.1, 0.15) is 33.9 Å². The third kappa shape index (κ3) is 5.64. The number of halogens is 1. The lowest BCUT2D eigenvalue weighted by Gasteiger charge is -2.25. The van der Waals surface area contributed by atoms with E-state index in [1.165, 1.54) is 42.3 Å². The van der Waals surface area contributed by atoms with Crippen molar-refractivity contribution in [1.82, 2.24) is 9.91 Å². The van der Waals surface area contributed by atoms with Crippen molar-refractivity contribution in [3.8, 4) is 23.0 Å². The number of likely N-dealkylation sites (N-methyl/N-ethyl adjacent to an activating group) is 1. The van der Waals surface area contributed by atoms with Crippen LogP contribution in [-0.4, -0.2) is 69.5 Å². The molecule has 1 aliphatic heterocycles. The minimum Gasteiger partial charge on any atom is -0.497 e. The van der Waals surface area contributed by atoms with Crippen molar-refractivity contribution in [2.75, 3.05) is 42.0 Å². The number of hydrogen-bond acceptors (Lipinski definition) is 7. The molecule has 0 unspecified atom stereocenters. The molecule has 3 aromatic carbocycles. The van der Waals surface area contributed by atoms with Crippen molar-refractivity contribution in [2.24, 2.45) is 5.10 Å². The van der Waals surface area contributed by atoms with Crippen LogP contribution in [0.3, 0.4) is 0 Å². The Bertz CT molecular complexity index is 1410. The minimum absolute atomic E-state index is 0.113. The highest BCUT2D eigenvalue weighted by Gasteiger charge is 2.35. The second-order valence-corrected chi connectivity index (χ2v) is 8.83.